The van der Waals surface area contributed by atoms with Crippen molar-refractivity contribution < 1.29 is 4.74 Å². The summed E-state index contributed by atoms with van der Waals surface area (Å²) in [5.74, 6) is 0. The summed E-state index contributed by atoms with van der Waals surface area (Å²) in [5, 5.41) is 3.51. The summed E-state index contributed by atoms with van der Waals surface area (Å²) in [5.41, 5.74) is 0. The largest absolute Gasteiger partial charge is 0.380 e. The summed E-state index contributed by atoms with van der Waals surface area (Å²) in [7, 11) is 1.77. The summed E-state index contributed by atoms with van der Waals surface area (Å²) < 4.78 is 5.28. The van der Waals surface area contributed by atoms with Gasteiger partial charge in [-0.05, 0) is 33.2 Å². The number of hydrogen-bond acceptors (Lipinski definition) is 3. The fourth-order valence-electron chi connectivity index (χ4n) is 1.84. The van der Waals surface area contributed by atoms with Crippen molar-refractivity contribution in [2.24, 2.45) is 0 Å². The Kier molecular flexibility index (Phi) is 5.58. The van der Waals surface area contributed by atoms with Gasteiger partial charge in [0.05, 0.1) is 6.10 Å². The average molecular weight is 214 g/mol. The highest BCUT2D eigenvalue weighted by atomic mass is 16.5. The molecule has 0 aromatic rings. The van der Waals surface area contributed by atoms with Crippen LogP contribution in [0.25, 0.3) is 0 Å². The number of nitrogens with one attached hydrogen (secondary N) is 1. The van der Waals surface area contributed by atoms with Gasteiger partial charge in [-0.2, -0.15) is 0 Å². The first-order valence-electron chi connectivity index (χ1n) is 6.19. The predicted molar refractivity (Wildman–Crippen MR) is 64.2 cm³/mol. The van der Waals surface area contributed by atoms with Gasteiger partial charge >= 0.3 is 0 Å². The minimum atomic E-state index is 0.293. The number of hydrogen-bond donors (Lipinski definition) is 1. The maximum atomic E-state index is 5.28. The third-order valence-electron chi connectivity index (χ3n) is 3.41. The van der Waals surface area contributed by atoms with Gasteiger partial charge in [-0.25, -0.2) is 0 Å². The van der Waals surface area contributed by atoms with Crippen LogP contribution < -0.4 is 5.32 Å². The number of likely N-dealkylation sites (N-methyl/N-ethyl adjacent to an activating group) is 1. The molecule has 0 aromatic carbocycles. The second-order valence-electron chi connectivity index (χ2n) is 4.54. The Bertz CT molecular complexity index is 171. The highest BCUT2D eigenvalue weighted by molar-refractivity contribution is 4.84. The molecule has 1 saturated carbocycles. The Morgan fingerprint density at radius 3 is 2.53 bits per heavy atom. The molecular formula is C12H26N2O. The van der Waals surface area contributed by atoms with E-state index in [4.69, 9.17) is 4.74 Å². The fourth-order valence-corrected chi connectivity index (χ4v) is 1.84. The number of nitrogens with zero attached hydrogens (tertiary/aromatic N) is 1. The number of rotatable bonds is 8. The van der Waals surface area contributed by atoms with Crippen LogP contribution in [0.5, 0.6) is 0 Å². The van der Waals surface area contributed by atoms with Crippen molar-refractivity contribution in [3.63, 3.8) is 0 Å². The fraction of sp³-hybridized carbons (Fsp3) is 1.00. The number of methoxy groups -OCH3 is 1. The lowest BCUT2D eigenvalue weighted by molar-refractivity contribution is 0.0875. The molecule has 1 aliphatic carbocycles. The van der Waals surface area contributed by atoms with E-state index in [1.54, 1.807) is 7.11 Å². The molecule has 2 atom stereocenters. The summed E-state index contributed by atoms with van der Waals surface area (Å²) in [4.78, 5) is 2.57. The van der Waals surface area contributed by atoms with Crippen LogP contribution in [0.15, 0.2) is 0 Å². The van der Waals surface area contributed by atoms with Crippen molar-refractivity contribution in [3.8, 4) is 0 Å². The second kappa shape index (κ2) is 6.46. The Hall–Kier alpha value is -0.120. The van der Waals surface area contributed by atoms with E-state index >= 15 is 0 Å². The van der Waals surface area contributed by atoms with Crippen LogP contribution in [0, 0.1) is 0 Å². The summed E-state index contributed by atoms with van der Waals surface area (Å²) in [6.45, 7) is 9.96. The molecule has 2 unspecified atom stereocenters. The maximum absolute atomic E-state index is 5.28. The van der Waals surface area contributed by atoms with Gasteiger partial charge in [0.2, 0.25) is 0 Å². The van der Waals surface area contributed by atoms with E-state index in [1.807, 2.05) is 0 Å². The topological polar surface area (TPSA) is 24.5 Å². The van der Waals surface area contributed by atoms with Crippen molar-refractivity contribution in [2.75, 3.05) is 26.7 Å². The molecule has 0 bridgehead atoms. The van der Waals surface area contributed by atoms with E-state index in [1.165, 1.54) is 25.9 Å². The highest BCUT2D eigenvalue weighted by Gasteiger charge is 2.27. The van der Waals surface area contributed by atoms with Crippen LogP contribution in [0.4, 0.5) is 0 Å². The van der Waals surface area contributed by atoms with Gasteiger partial charge in [-0.3, -0.25) is 4.90 Å². The van der Waals surface area contributed by atoms with Gasteiger partial charge in [-0.1, -0.05) is 6.92 Å². The molecule has 3 heteroatoms. The monoisotopic (exact) mass is 214 g/mol. The second-order valence-corrected chi connectivity index (χ2v) is 4.54. The van der Waals surface area contributed by atoms with E-state index in [9.17, 15) is 0 Å². The SMILES string of the molecule is CCN(CCNC(C)C(C)OC)C1CC1. The molecule has 1 aliphatic rings. The van der Waals surface area contributed by atoms with E-state index in [2.05, 4.69) is 31.0 Å². The van der Waals surface area contributed by atoms with Crippen LogP contribution in [-0.2, 0) is 4.74 Å². The highest BCUT2D eigenvalue weighted by Crippen LogP contribution is 2.25. The predicted octanol–water partition coefficient (Wildman–Crippen LogP) is 1.48. The molecule has 0 radical (unpaired) electrons. The molecule has 0 aromatic heterocycles. The van der Waals surface area contributed by atoms with Gasteiger partial charge in [0, 0.05) is 32.3 Å². The van der Waals surface area contributed by atoms with Gasteiger partial charge in [-0.15, -0.1) is 0 Å². The molecule has 0 aliphatic heterocycles. The zero-order valence-electron chi connectivity index (χ0n) is 10.6. The Labute approximate surface area is 94.2 Å². The number of ether oxygens (including phenoxy) is 1. The third kappa shape index (κ3) is 4.49. The van der Waals surface area contributed by atoms with Crippen molar-refractivity contribution in [1.29, 1.82) is 0 Å². The molecule has 1 rings (SSSR count). The molecule has 1 fully saturated rings. The lowest BCUT2D eigenvalue weighted by Crippen LogP contribution is -2.41. The minimum absolute atomic E-state index is 0.293. The Morgan fingerprint density at radius 2 is 2.07 bits per heavy atom. The lowest BCUT2D eigenvalue weighted by Gasteiger charge is -2.24. The molecule has 1 N–H and O–H groups in total. The van der Waals surface area contributed by atoms with E-state index in [0.29, 0.717) is 12.1 Å². The van der Waals surface area contributed by atoms with Crippen molar-refractivity contribution in [3.05, 3.63) is 0 Å². The van der Waals surface area contributed by atoms with E-state index in [0.717, 1.165) is 12.6 Å². The summed E-state index contributed by atoms with van der Waals surface area (Å²) >= 11 is 0. The molecular weight excluding hydrogens is 188 g/mol. The first-order chi connectivity index (χ1) is 7.19. The molecule has 0 spiro atoms. The van der Waals surface area contributed by atoms with Gasteiger partial charge in [0.25, 0.3) is 0 Å². The van der Waals surface area contributed by atoms with Gasteiger partial charge in [0.1, 0.15) is 0 Å². The van der Waals surface area contributed by atoms with Gasteiger partial charge < -0.3 is 10.1 Å². The molecule has 0 saturated heterocycles. The third-order valence-corrected chi connectivity index (χ3v) is 3.41. The van der Waals surface area contributed by atoms with Crippen molar-refractivity contribution >= 4 is 0 Å². The van der Waals surface area contributed by atoms with Gasteiger partial charge in [0.15, 0.2) is 0 Å². The zero-order chi connectivity index (χ0) is 11.3. The summed E-state index contributed by atoms with van der Waals surface area (Å²) in [6.07, 6.45) is 3.09. The smallest absolute Gasteiger partial charge is 0.0693 e. The van der Waals surface area contributed by atoms with E-state index in [-0.39, 0.29) is 0 Å². The summed E-state index contributed by atoms with van der Waals surface area (Å²) in [6, 6.07) is 1.32. The van der Waals surface area contributed by atoms with E-state index < -0.39 is 0 Å². The lowest BCUT2D eigenvalue weighted by atomic mass is 10.2. The quantitative estimate of drug-likeness (QED) is 0.662. The van der Waals surface area contributed by atoms with Crippen LogP contribution in [0.2, 0.25) is 0 Å². The van der Waals surface area contributed by atoms with Crippen LogP contribution >= 0.6 is 0 Å². The average Bonchev–Trinajstić information content (AvgIpc) is 3.06. The maximum Gasteiger partial charge on any atom is 0.0693 e. The van der Waals surface area contributed by atoms with Crippen LogP contribution in [-0.4, -0.2) is 49.8 Å². The molecule has 0 amide bonds. The first-order valence-corrected chi connectivity index (χ1v) is 6.19. The zero-order valence-corrected chi connectivity index (χ0v) is 10.6. The van der Waals surface area contributed by atoms with Crippen molar-refractivity contribution in [1.82, 2.24) is 10.2 Å². The van der Waals surface area contributed by atoms with Crippen molar-refractivity contribution in [2.45, 2.75) is 51.8 Å². The molecule has 90 valence electrons. The molecule has 3 nitrogen and oxygen atoms in total. The normalized spacial score (nSPS) is 20.6. The van der Waals surface area contributed by atoms with Crippen LogP contribution in [0.1, 0.15) is 33.6 Å². The first kappa shape index (κ1) is 12.9. The Balaban J connectivity index is 2.08. The molecule has 15 heavy (non-hydrogen) atoms. The van der Waals surface area contributed by atoms with Crippen LogP contribution in [0.3, 0.4) is 0 Å². The standard InChI is InChI=1S/C12H26N2O/c1-5-14(12-6-7-12)9-8-13-10(2)11(3)15-4/h10-13H,5-9H2,1-4H3. The molecule has 0 heterocycles. The Morgan fingerprint density at radius 1 is 1.40 bits per heavy atom. The minimum Gasteiger partial charge on any atom is -0.380 e.